The molecule has 1 unspecified atom stereocenters. The van der Waals surface area contributed by atoms with Gasteiger partial charge < -0.3 is 0 Å². The topological polar surface area (TPSA) is 20.3 Å². The predicted molar refractivity (Wildman–Crippen MR) is 19.6 cm³/mol. The van der Waals surface area contributed by atoms with Gasteiger partial charge in [-0.05, 0) is 6.92 Å². The van der Waals surface area contributed by atoms with Gasteiger partial charge in [0.15, 0.2) is 6.29 Å². The second-order valence-electron chi connectivity index (χ2n) is 1.37. The van der Waals surface area contributed by atoms with Crippen molar-refractivity contribution in [3.05, 3.63) is 0 Å². The molecule has 0 saturated carbocycles. The van der Waals surface area contributed by atoms with Gasteiger partial charge in [0.05, 0.1) is 5.34 Å². The van der Waals surface area contributed by atoms with E-state index in [1.165, 1.54) is 0 Å². The summed E-state index contributed by atoms with van der Waals surface area (Å²) in [7, 11) is 0. The molecule has 0 spiro atoms. The Kier molecular flexibility index (Phi) is 1.97. The third-order valence-corrected chi connectivity index (χ3v) is 0.546. The van der Waals surface area contributed by atoms with Crippen molar-refractivity contribution in [2.45, 2.75) is 12.7 Å². The van der Waals surface area contributed by atoms with E-state index in [4.69, 9.17) is 0 Å². The molecule has 5 heteroatoms. The highest BCUT2D eigenvalue weighted by atomic mass is 19.4. The zero-order chi connectivity index (χ0) is 6.78. The summed E-state index contributed by atoms with van der Waals surface area (Å²) < 4.78 is 33.8. The number of carbonyl (C=O) groups is 1. The fourth-order valence-corrected chi connectivity index (χ4v) is 0.0398. The highest BCUT2D eigenvalue weighted by Gasteiger charge is 2.32. The molecule has 0 amide bonds. The number of aldehydes is 1. The van der Waals surface area contributed by atoms with Crippen molar-refractivity contribution in [1.29, 1.82) is 0 Å². The van der Waals surface area contributed by atoms with Crippen LogP contribution in [0.5, 0.6) is 0 Å². The van der Waals surface area contributed by atoms with Crippen molar-refractivity contribution in [3.63, 3.8) is 0 Å². The van der Waals surface area contributed by atoms with E-state index in [0.29, 0.717) is 6.92 Å². The molecule has 0 rings (SSSR count). The summed E-state index contributed by atoms with van der Waals surface area (Å²) in [4.78, 5) is 9.37. The number of hydrogen-bond acceptors (Lipinski definition) is 2. The summed E-state index contributed by atoms with van der Waals surface area (Å²) in [6.07, 6.45) is -0.479. The van der Waals surface area contributed by atoms with Gasteiger partial charge in [-0.15, -0.1) is 0 Å². The third-order valence-electron chi connectivity index (χ3n) is 0.546. The average molecular weight is 127 g/mol. The van der Waals surface area contributed by atoms with E-state index in [-0.39, 0.29) is 0 Å². The van der Waals surface area contributed by atoms with Gasteiger partial charge >= 0.3 is 0 Å². The largest absolute Gasteiger partial charge is 0.298 e. The molecule has 8 heavy (non-hydrogen) atoms. The Balaban J connectivity index is 3.90. The first-order valence-corrected chi connectivity index (χ1v) is 1.78. The molecule has 0 aliphatic rings. The first kappa shape index (κ1) is 7.42. The molecule has 0 aliphatic carbocycles. The fraction of sp³-hybridized carbons (Fsp3) is 0.667. The first-order valence-electron chi connectivity index (χ1n) is 1.78. The summed E-state index contributed by atoms with van der Waals surface area (Å²) in [6.45, 7) is 0.458. The Morgan fingerprint density at radius 1 is 1.62 bits per heavy atom. The van der Waals surface area contributed by atoms with Gasteiger partial charge in [-0.25, -0.2) is 4.39 Å². The molecule has 0 aromatic rings. The first-order chi connectivity index (χ1) is 3.50. The number of carbonyl (C=O) groups excluding carboxylic acids is 1. The van der Waals surface area contributed by atoms with Crippen LogP contribution in [0.3, 0.4) is 0 Å². The maximum atomic E-state index is 11.8. The van der Waals surface area contributed by atoms with Crippen molar-refractivity contribution in [2.75, 3.05) is 0 Å². The van der Waals surface area contributed by atoms with Gasteiger partial charge in [0.25, 0.3) is 5.79 Å². The molecule has 0 fully saturated rings. The Morgan fingerprint density at radius 3 is 2.00 bits per heavy atom. The minimum atomic E-state index is -3.14. The van der Waals surface area contributed by atoms with Crippen LogP contribution in [0.1, 0.15) is 6.92 Å². The molecule has 0 saturated heterocycles. The second-order valence-corrected chi connectivity index (χ2v) is 1.37. The molecule has 0 bridgehead atoms. The van der Waals surface area contributed by atoms with Crippen molar-refractivity contribution in [1.82, 2.24) is 5.34 Å². The molecule has 0 aromatic heterocycles. The number of halogens is 3. The average Bonchev–Trinajstić information content (AvgIpc) is 1.67. The lowest BCUT2D eigenvalue weighted by molar-refractivity contribution is -0.255. The SMILES string of the molecule is CC(F)(C=O)N(F)F. The Bertz CT molecular complexity index is 92.5. The molecular weight excluding hydrogens is 123 g/mol. The van der Waals surface area contributed by atoms with Crippen molar-refractivity contribution >= 4 is 6.29 Å². The van der Waals surface area contributed by atoms with E-state index in [1.54, 1.807) is 0 Å². The van der Waals surface area contributed by atoms with Crippen molar-refractivity contribution < 1.29 is 18.1 Å². The molecular formula is C3H4F3NO. The molecule has 0 aliphatic heterocycles. The van der Waals surface area contributed by atoms with Gasteiger partial charge in [0.1, 0.15) is 0 Å². The van der Waals surface area contributed by atoms with E-state index in [1.807, 2.05) is 0 Å². The molecule has 0 aromatic carbocycles. The van der Waals surface area contributed by atoms with Crippen LogP contribution in [0.4, 0.5) is 13.4 Å². The zero-order valence-corrected chi connectivity index (χ0v) is 4.07. The number of nitrogens with zero attached hydrogens (tertiary/aromatic N) is 1. The Morgan fingerprint density at radius 2 is 2.00 bits per heavy atom. The van der Waals surface area contributed by atoms with E-state index in [0.717, 1.165) is 0 Å². The molecule has 2 nitrogen and oxygen atoms in total. The molecule has 0 heterocycles. The van der Waals surface area contributed by atoms with Crippen LogP contribution in [0, 0.1) is 0 Å². The maximum Gasteiger partial charge on any atom is 0.273 e. The normalized spacial score (nSPS) is 18.1. The van der Waals surface area contributed by atoms with Crippen LogP contribution < -0.4 is 0 Å². The molecule has 48 valence electrons. The van der Waals surface area contributed by atoms with E-state index in [9.17, 15) is 18.1 Å². The van der Waals surface area contributed by atoms with Crippen LogP contribution >= 0.6 is 0 Å². The van der Waals surface area contributed by atoms with Crippen LogP contribution in [-0.4, -0.2) is 17.4 Å². The van der Waals surface area contributed by atoms with Gasteiger partial charge in [-0.2, -0.15) is 0 Å². The third kappa shape index (κ3) is 1.49. The van der Waals surface area contributed by atoms with Crippen LogP contribution in [-0.2, 0) is 4.79 Å². The predicted octanol–water partition coefficient (Wildman–Crippen LogP) is 0.942. The van der Waals surface area contributed by atoms with E-state index in [2.05, 4.69) is 0 Å². The lowest BCUT2D eigenvalue weighted by Gasteiger charge is -2.10. The monoisotopic (exact) mass is 127 g/mol. The quantitative estimate of drug-likeness (QED) is 0.312. The van der Waals surface area contributed by atoms with E-state index < -0.39 is 17.4 Å². The summed E-state index contributed by atoms with van der Waals surface area (Å²) in [5.41, 5.74) is 0. The van der Waals surface area contributed by atoms with Gasteiger partial charge in [-0.1, -0.05) is 8.96 Å². The van der Waals surface area contributed by atoms with Gasteiger partial charge in [0, 0.05) is 0 Å². The highest BCUT2D eigenvalue weighted by molar-refractivity contribution is 5.59. The summed E-state index contributed by atoms with van der Waals surface area (Å²) >= 11 is 0. The molecule has 0 N–H and O–H groups in total. The van der Waals surface area contributed by atoms with Gasteiger partial charge in [0.2, 0.25) is 0 Å². The summed E-state index contributed by atoms with van der Waals surface area (Å²) in [5.74, 6) is -3.14. The number of rotatable bonds is 2. The number of hydrogen-bond donors (Lipinski definition) is 0. The fourth-order valence-electron chi connectivity index (χ4n) is 0.0398. The van der Waals surface area contributed by atoms with Crippen LogP contribution in [0.15, 0.2) is 0 Å². The summed E-state index contributed by atoms with van der Waals surface area (Å²) in [6, 6.07) is 0. The smallest absolute Gasteiger partial charge is 0.273 e. The molecule has 0 radical (unpaired) electrons. The van der Waals surface area contributed by atoms with Crippen molar-refractivity contribution in [3.8, 4) is 0 Å². The van der Waals surface area contributed by atoms with Crippen LogP contribution in [0.2, 0.25) is 0 Å². The lowest BCUT2D eigenvalue weighted by Crippen LogP contribution is -2.32. The van der Waals surface area contributed by atoms with Crippen LogP contribution in [0.25, 0.3) is 0 Å². The molecule has 1 atom stereocenters. The Hall–Kier alpha value is -0.580. The van der Waals surface area contributed by atoms with Gasteiger partial charge in [-0.3, -0.25) is 4.79 Å². The Labute approximate surface area is 43.8 Å². The minimum Gasteiger partial charge on any atom is -0.298 e. The van der Waals surface area contributed by atoms with Crippen molar-refractivity contribution in [2.24, 2.45) is 0 Å². The highest BCUT2D eigenvalue weighted by Crippen LogP contribution is 2.13. The lowest BCUT2D eigenvalue weighted by atomic mass is 10.4. The standard InChI is InChI=1S/C3H4F3NO/c1-3(4,2-8)7(5)6/h2H,1H3. The number of alkyl halides is 1. The maximum absolute atomic E-state index is 11.8. The van der Waals surface area contributed by atoms with E-state index >= 15 is 0 Å². The second kappa shape index (κ2) is 2.13. The minimum absolute atomic E-state index is 0.458. The zero-order valence-electron chi connectivity index (χ0n) is 4.07. The summed E-state index contributed by atoms with van der Waals surface area (Å²) in [5, 5.41) is -1.79.